The Hall–Kier alpha value is -12.1. The topological polar surface area (TPSA) is 810 Å². The summed E-state index contributed by atoms with van der Waals surface area (Å²) in [5, 5.41) is 65.7. The molecule has 0 bridgehead atoms. The van der Waals surface area contributed by atoms with Gasteiger partial charge >= 0.3 is 0 Å². The van der Waals surface area contributed by atoms with E-state index in [9.17, 15) is 82.4 Å². The lowest BCUT2D eigenvalue weighted by atomic mass is 9.83. The van der Waals surface area contributed by atoms with Crippen molar-refractivity contribution in [3.05, 3.63) is 18.2 Å². The quantitative estimate of drug-likeness (QED) is 0.0164. The van der Waals surface area contributed by atoms with Crippen LogP contribution in [0.25, 0.3) is 0 Å². The zero-order chi connectivity index (χ0) is 98.1. The maximum atomic E-state index is 15.3. The van der Waals surface area contributed by atoms with Crippen molar-refractivity contribution >= 4 is 118 Å². The van der Waals surface area contributed by atoms with E-state index in [1.165, 1.54) is 26.4 Å². The van der Waals surface area contributed by atoms with Gasteiger partial charge in [0.15, 0.2) is 17.9 Å². The van der Waals surface area contributed by atoms with E-state index in [0.29, 0.717) is 31.4 Å². The monoisotopic (exact) mass is 1870 g/mol. The number of aliphatic imine (C=N–C) groups is 3. The molecular formula is C84H144N28O20. The molecule has 48 heteroatoms. The largest absolute Gasteiger partial charge is 0.394 e. The molecule has 1 aromatic rings. The van der Waals surface area contributed by atoms with E-state index in [-0.39, 0.29) is 139 Å². The Bertz CT molecular complexity index is 4120. The highest BCUT2D eigenvalue weighted by atomic mass is 16.3. The summed E-state index contributed by atoms with van der Waals surface area (Å²) < 4.78 is 0. The van der Waals surface area contributed by atoms with Crippen LogP contribution in [0.2, 0.25) is 0 Å². The standard InChI is InChI=1S/C84H144N28O20/c1-44(2)33-57(76(128)111-84(5,6)80(132)110-66(45(3)114)78(130)103-54(27-18-32-97-83(92)93)68(120)101-55(28-29-64(85)117)71(123)100-52(25-16-30-95-81(88)89)69(121)104-56(67(87)119)34-47-19-10-7-11-20-47)105-75(127)61(39-65(86)118)109-73(125)59(36-49-23-14-9-15-24-49)106-72(124)58(35-48-21-12-8-13-22-48)107-74(126)60(37-50-40-94-43-98-50)108-70(122)53(26-17-31-96-82(90)91)102-77(129)63-38-51(116)41-112(63)79(131)62(42-113)99-46(4)115/h40,43-45,47-49,51-63,66,113-114,116H,7-39,41-42H2,1-6H3,(H2,85,117)(H2,86,118)(H2,87,119)(H,94,98)(H,99,115)(H,100,123)(H,101,120)(H,102,129)(H,103,130)(H,104,121)(H,105,127)(H,106,124)(H,107,126)(H,108,122)(H,109,125)(H,110,132)(H,111,128)(H4,88,89,95)(H4,90,91,96)(H4,92,93,97)/t45-,51+,52+,53+,54+,55+,56?,57+,58?,59?,60+,61+,62+,63-,66+/m1/s1. The number of aromatic amines is 1. The molecule has 17 amide bonds. The lowest BCUT2D eigenvalue weighted by Gasteiger charge is -2.32. The van der Waals surface area contributed by atoms with Crippen LogP contribution in [0, 0.1) is 23.7 Å². The number of imidazole rings is 1. The number of carbonyl (C=O) groups is 17. The maximum absolute atomic E-state index is 15.3. The molecule has 3 aliphatic carbocycles. The predicted molar refractivity (Wildman–Crippen MR) is 482 cm³/mol. The van der Waals surface area contributed by atoms with Gasteiger partial charge < -0.3 is 146 Å². The second-order valence-electron chi connectivity index (χ2n) is 35.8. The summed E-state index contributed by atoms with van der Waals surface area (Å²) in [5.74, 6) is -17.8. The van der Waals surface area contributed by atoms with Crippen LogP contribution in [0.4, 0.5) is 0 Å². The summed E-state index contributed by atoms with van der Waals surface area (Å²) >= 11 is 0. The highest BCUT2D eigenvalue weighted by molar-refractivity contribution is 6.02. The van der Waals surface area contributed by atoms with Gasteiger partial charge in [0, 0.05) is 64.3 Å². The zero-order valence-corrected chi connectivity index (χ0v) is 76.6. The first-order valence-electron chi connectivity index (χ1n) is 45.6. The van der Waals surface area contributed by atoms with Crippen molar-refractivity contribution in [3.63, 3.8) is 0 Å². The lowest BCUT2D eigenvalue weighted by Crippen LogP contribution is -2.65. The van der Waals surface area contributed by atoms with E-state index in [2.05, 4.69) is 94.1 Å². The molecule has 0 spiro atoms. The minimum Gasteiger partial charge on any atom is -0.394 e. The number of amides is 17. The normalized spacial score (nSPS) is 18.4. The molecule has 4 fully saturated rings. The van der Waals surface area contributed by atoms with Gasteiger partial charge in [-0.05, 0) is 115 Å². The van der Waals surface area contributed by atoms with Crippen molar-refractivity contribution in [1.82, 2.24) is 84.0 Å². The first-order valence-corrected chi connectivity index (χ1v) is 45.6. The molecule has 1 saturated heterocycles. The maximum Gasteiger partial charge on any atom is 0.248 e. The van der Waals surface area contributed by atoms with Crippen molar-refractivity contribution in [1.29, 1.82) is 0 Å². The minimum absolute atomic E-state index is 0.00483. The SMILES string of the molecule is CC(=O)N[C@@H](CO)C(=O)N1C[C@@H](O)C[C@@H]1C(=O)N[C@@H](CCCN=C(N)N)C(=O)N[C@@H](Cc1cnc[nH]1)C(=O)NC(CC1CCCCC1)C(=O)NC(CC1CCCCC1)C(=O)N[C@@H](CC(N)=O)C(=O)N[C@@H](CC(C)C)C(=O)NC(C)(C)C(=O)N[C@H](C(=O)N[C@@H](CCCN=C(N)N)C(=O)N[C@@H](CCC(N)=O)C(=O)N[C@@H](CCCN=C(N)N)C(=O)NC(CC1CCCCC1)C(N)=O)[C@@H](C)O. The van der Waals surface area contributed by atoms with E-state index >= 15 is 14.4 Å². The smallest absolute Gasteiger partial charge is 0.248 e. The molecule has 3 saturated carbocycles. The van der Waals surface area contributed by atoms with Crippen LogP contribution in [-0.2, 0) is 87.9 Å². The number of primary amides is 3. The number of aliphatic hydroxyl groups is 3. The lowest BCUT2D eigenvalue weighted by molar-refractivity contribution is -0.143. The van der Waals surface area contributed by atoms with Gasteiger partial charge in [-0.25, -0.2) is 4.98 Å². The fourth-order valence-corrected chi connectivity index (χ4v) is 16.6. The number of carbonyl (C=O) groups excluding carboxylic acids is 17. The van der Waals surface area contributed by atoms with E-state index in [0.717, 1.165) is 89.4 Å². The third-order valence-corrected chi connectivity index (χ3v) is 23.6. The average molecular weight is 1870 g/mol. The van der Waals surface area contributed by atoms with Crippen molar-refractivity contribution in [2.45, 2.75) is 330 Å². The summed E-state index contributed by atoms with van der Waals surface area (Å²) in [7, 11) is 0. The number of nitrogens with zero attached hydrogens (tertiary/aromatic N) is 5. The number of hydrogen-bond donors (Lipinski definition) is 26. The average Bonchev–Trinajstić information content (AvgIpc) is 1.68. The highest BCUT2D eigenvalue weighted by Gasteiger charge is 2.45. The number of rotatable bonds is 56. The number of hydrogen-bond acceptors (Lipinski definition) is 24. The van der Waals surface area contributed by atoms with Crippen LogP contribution in [0.3, 0.4) is 0 Å². The Balaban J connectivity index is 1.39. The highest BCUT2D eigenvalue weighted by Crippen LogP contribution is 2.31. The van der Waals surface area contributed by atoms with Gasteiger partial charge in [-0.2, -0.15) is 0 Å². The second kappa shape index (κ2) is 55.9. The van der Waals surface area contributed by atoms with Crippen LogP contribution < -0.4 is 121 Å². The molecule has 0 aromatic carbocycles. The summed E-state index contributed by atoms with van der Waals surface area (Å²) in [6.45, 7) is 6.71. The number of H-pyrrole nitrogens is 1. The molecule has 5 rings (SSSR count). The molecule has 15 atom stereocenters. The van der Waals surface area contributed by atoms with E-state index in [1.54, 1.807) is 13.8 Å². The molecule has 4 aliphatic rings. The Morgan fingerprint density at radius 3 is 1.28 bits per heavy atom. The summed E-state index contributed by atoms with van der Waals surface area (Å²) in [5.41, 5.74) is 48.8. The summed E-state index contributed by atoms with van der Waals surface area (Å²) in [6.07, 6.45) is 8.96. The fourth-order valence-electron chi connectivity index (χ4n) is 16.6. The number of nitrogens with one attached hydrogen (secondary N) is 14. The second-order valence-corrected chi connectivity index (χ2v) is 35.8. The van der Waals surface area contributed by atoms with Crippen LogP contribution in [-0.4, -0.2) is 278 Å². The molecule has 2 heterocycles. The number of likely N-dealkylation sites (tertiary alicyclic amines) is 1. The van der Waals surface area contributed by atoms with Gasteiger partial charge in [0.25, 0.3) is 0 Å². The van der Waals surface area contributed by atoms with Crippen molar-refractivity contribution in [3.8, 4) is 0 Å². The van der Waals surface area contributed by atoms with Gasteiger partial charge in [-0.15, -0.1) is 0 Å². The molecule has 740 valence electrons. The van der Waals surface area contributed by atoms with E-state index < -0.39 is 229 Å². The van der Waals surface area contributed by atoms with Crippen LogP contribution in [0.1, 0.15) is 233 Å². The van der Waals surface area contributed by atoms with Crippen LogP contribution in [0.15, 0.2) is 27.5 Å². The first kappa shape index (κ1) is 110. The Morgan fingerprint density at radius 2 is 0.871 bits per heavy atom. The van der Waals surface area contributed by atoms with Gasteiger partial charge in [0.2, 0.25) is 100 Å². The number of nitrogens with two attached hydrogens (primary N) is 9. The van der Waals surface area contributed by atoms with Crippen molar-refractivity contribution in [2.75, 3.05) is 32.8 Å². The number of guanidine groups is 3. The molecule has 132 heavy (non-hydrogen) atoms. The number of aromatic nitrogens is 2. The minimum atomic E-state index is -2.05. The van der Waals surface area contributed by atoms with Gasteiger partial charge in [0.1, 0.15) is 84.1 Å². The molecule has 48 nitrogen and oxygen atoms in total. The molecule has 1 aromatic heterocycles. The van der Waals surface area contributed by atoms with Gasteiger partial charge in [0.05, 0.1) is 31.6 Å². The number of β-amino-alcohol motifs (C(OH)–C–C–N with tert-alkyl or cyclic N) is 1. The Kier molecular flexibility index (Phi) is 46.8. The molecule has 3 unspecified atom stereocenters. The summed E-state index contributed by atoms with van der Waals surface area (Å²) in [4.78, 5) is 260. The molecule has 1 aliphatic heterocycles. The van der Waals surface area contributed by atoms with E-state index in [4.69, 9.17) is 51.6 Å². The number of aliphatic hydroxyl groups excluding tert-OH is 3. The first-order chi connectivity index (χ1) is 62.3. The van der Waals surface area contributed by atoms with Gasteiger partial charge in [-0.1, -0.05) is 110 Å². The van der Waals surface area contributed by atoms with Crippen molar-refractivity contribution < 1.29 is 96.8 Å². The van der Waals surface area contributed by atoms with Crippen LogP contribution in [0.5, 0.6) is 0 Å². The van der Waals surface area contributed by atoms with Gasteiger partial charge in [-0.3, -0.25) is 96.5 Å². The molecular weight excluding hydrogens is 1720 g/mol. The zero-order valence-electron chi connectivity index (χ0n) is 76.6. The third kappa shape index (κ3) is 39.5. The summed E-state index contributed by atoms with van der Waals surface area (Å²) in [6, 6.07) is -20.0. The Morgan fingerprint density at radius 1 is 0.477 bits per heavy atom. The predicted octanol–water partition coefficient (Wildman–Crippen LogP) is -7.24. The fraction of sp³-hybridized carbons (Fsp3) is 0.726. The Labute approximate surface area is 767 Å². The van der Waals surface area contributed by atoms with E-state index in [1.807, 2.05) is 0 Å². The van der Waals surface area contributed by atoms with Crippen molar-refractivity contribution in [2.24, 2.45) is 90.3 Å². The van der Waals surface area contributed by atoms with Crippen LogP contribution >= 0.6 is 0 Å². The molecule has 35 N–H and O–H groups in total. The third-order valence-electron chi connectivity index (χ3n) is 23.6. The molecule has 0 radical (unpaired) electrons.